The number of rotatable bonds is 7. The normalized spacial score (nSPS) is 17.3. The molecule has 158 valence electrons. The molecule has 1 fully saturated rings. The van der Waals surface area contributed by atoms with Crippen molar-refractivity contribution in [3.05, 3.63) is 58.8 Å². The van der Waals surface area contributed by atoms with E-state index < -0.39 is 0 Å². The molecule has 1 aliphatic rings. The average Bonchev–Trinajstić information content (AvgIpc) is 3.12. The van der Waals surface area contributed by atoms with E-state index in [0.717, 1.165) is 78.9 Å². The van der Waals surface area contributed by atoms with Crippen molar-refractivity contribution in [3.63, 3.8) is 0 Å². The van der Waals surface area contributed by atoms with E-state index >= 15 is 0 Å². The van der Waals surface area contributed by atoms with Crippen LogP contribution in [-0.2, 0) is 11.3 Å². The van der Waals surface area contributed by atoms with Crippen LogP contribution in [0.4, 0.5) is 0 Å². The van der Waals surface area contributed by atoms with Crippen LogP contribution in [0.1, 0.15) is 38.4 Å². The number of unbranched alkanes of at least 4 members (excludes halogenated alkanes) is 1. The minimum absolute atomic E-state index is 0.0688. The molecule has 1 amide bonds. The minimum atomic E-state index is 0.0688. The summed E-state index contributed by atoms with van der Waals surface area (Å²) in [7, 11) is 0. The van der Waals surface area contributed by atoms with Crippen molar-refractivity contribution in [1.82, 2.24) is 19.8 Å². The molecule has 2 aromatic carbocycles. The number of hydrogen-bond acceptors (Lipinski definition) is 3. The first-order valence-electron chi connectivity index (χ1n) is 10.9. The lowest BCUT2D eigenvalue weighted by Crippen LogP contribution is -2.43. The fraction of sp³-hybridized carbons (Fsp3) is 0.417. The van der Waals surface area contributed by atoms with Crippen LogP contribution in [0.15, 0.2) is 53.0 Å². The topological polar surface area (TPSA) is 50.2 Å². The van der Waals surface area contributed by atoms with E-state index in [2.05, 4.69) is 74.0 Å². The molecule has 1 aliphatic heterocycles. The number of nitrogens with one attached hydrogen (secondary N) is 1. The zero-order valence-electron chi connectivity index (χ0n) is 17.5. The number of halogens is 1. The Morgan fingerprint density at radius 2 is 2.10 bits per heavy atom. The summed E-state index contributed by atoms with van der Waals surface area (Å²) in [6.07, 6.45) is 4.15. The Bertz CT molecular complexity index is 1020. The van der Waals surface area contributed by atoms with E-state index in [0.29, 0.717) is 0 Å². The van der Waals surface area contributed by atoms with Gasteiger partial charge in [-0.05, 0) is 56.1 Å². The monoisotopic (exact) mass is 468 g/mol. The van der Waals surface area contributed by atoms with Crippen LogP contribution >= 0.6 is 15.9 Å². The zero-order valence-corrected chi connectivity index (χ0v) is 19.1. The lowest BCUT2D eigenvalue weighted by Gasteiger charge is -2.31. The third-order valence-corrected chi connectivity index (χ3v) is 6.26. The van der Waals surface area contributed by atoms with Gasteiger partial charge in [-0.1, -0.05) is 47.5 Å². The van der Waals surface area contributed by atoms with Gasteiger partial charge < -0.3 is 5.32 Å². The Hall–Kier alpha value is -2.18. The highest BCUT2D eigenvalue weighted by atomic mass is 79.9. The number of para-hydroxylation sites is 2. The van der Waals surface area contributed by atoms with Gasteiger partial charge in [0.25, 0.3) is 0 Å². The average molecular weight is 469 g/mol. The first-order chi connectivity index (χ1) is 14.7. The third-order valence-electron chi connectivity index (χ3n) is 5.77. The van der Waals surface area contributed by atoms with Crippen molar-refractivity contribution in [3.8, 4) is 5.69 Å². The maximum atomic E-state index is 12.6. The Labute approximate surface area is 186 Å². The van der Waals surface area contributed by atoms with Gasteiger partial charge in [-0.2, -0.15) is 0 Å². The van der Waals surface area contributed by atoms with Crippen molar-refractivity contribution in [2.45, 2.75) is 39.2 Å². The molecule has 0 bridgehead atoms. The molecule has 30 heavy (non-hydrogen) atoms. The zero-order chi connectivity index (χ0) is 20.9. The first-order valence-corrected chi connectivity index (χ1v) is 11.7. The highest BCUT2D eigenvalue weighted by molar-refractivity contribution is 9.10. The maximum Gasteiger partial charge on any atom is 0.224 e. The minimum Gasteiger partial charge on any atom is -0.356 e. The molecule has 1 N–H and O–H groups in total. The number of fused-ring (bicyclic) bond motifs is 1. The fourth-order valence-corrected chi connectivity index (χ4v) is 4.62. The molecule has 6 heteroatoms. The van der Waals surface area contributed by atoms with E-state index in [-0.39, 0.29) is 11.8 Å². The number of imidazole rings is 1. The molecule has 2 heterocycles. The van der Waals surface area contributed by atoms with Gasteiger partial charge in [0.2, 0.25) is 5.91 Å². The molecule has 5 nitrogen and oxygen atoms in total. The predicted molar refractivity (Wildman–Crippen MR) is 125 cm³/mol. The number of piperidine rings is 1. The summed E-state index contributed by atoms with van der Waals surface area (Å²) in [5.74, 6) is 1.29. The number of benzene rings is 2. The smallest absolute Gasteiger partial charge is 0.224 e. The van der Waals surface area contributed by atoms with Crippen LogP contribution < -0.4 is 5.32 Å². The summed E-state index contributed by atoms with van der Waals surface area (Å²) >= 11 is 3.60. The van der Waals surface area contributed by atoms with Crippen molar-refractivity contribution in [1.29, 1.82) is 0 Å². The van der Waals surface area contributed by atoms with Crippen molar-refractivity contribution in [2.75, 3.05) is 19.6 Å². The SMILES string of the molecule is CCCCNC(=O)[C@@H]1CCCN(Cc2nc3ccccc3n2-c2cccc(Br)c2)C1. The number of hydrogen-bond donors (Lipinski definition) is 1. The van der Waals surface area contributed by atoms with Gasteiger partial charge in [0.05, 0.1) is 23.5 Å². The lowest BCUT2D eigenvalue weighted by atomic mass is 9.97. The van der Waals surface area contributed by atoms with Gasteiger partial charge in [0, 0.05) is 23.2 Å². The third kappa shape index (κ3) is 4.76. The molecule has 1 aromatic heterocycles. The molecule has 0 aliphatic carbocycles. The van der Waals surface area contributed by atoms with Crippen LogP contribution in [0.2, 0.25) is 0 Å². The van der Waals surface area contributed by atoms with Crippen LogP contribution in [0.25, 0.3) is 16.7 Å². The quantitative estimate of drug-likeness (QED) is 0.500. The maximum absolute atomic E-state index is 12.6. The molecule has 4 rings (SSSR count). The van der Waals surface area contributed by atoms with Gasteiger partial charge in [0.1, 0.15) is 5.82 Å². The van der Waals surface area contributed by atoms with Crippen LogP contribution in [0.5, 0.6) is 0 Å². The highest BCUT2D eigenvalue weighted by Crippen LogP contribution is 2.26. The van der Waals surface area contributed by atoms with Gasteiger partial charge in [-0.25, -0.2) is 4.98 Å². The van der Waals surface area contributed by atoms with Gasteiger partial charge >= 0.3 is 0 Å². The second-order valence-corrected chi connectivity index (χ2v) is 8.97. The summed E-state index contributed by atoms with van der Waals surface area (Å²) in [5, 5.41) is 3.11. The van der Waals surface area contributed by atoms with E-state index in [9.17, 15) is 4.79 Å². The molecule has 0 spiro atoms. The summed E-state index contributed by atoms with van der Waals surface area (Å²) in [4.78, 5) is 19.9. The molecule has 1 saturated heterocycles. The molecule has 0 saturated carbocycles. The van der Waals surface area contributed by atoms with Crippen LogP contribution in [-0.4, -0.2) is 40.0 Å². The molecular weight excluding hydrogens is 440 g/mol. The van der Waals surface area contributed by atoms with Crippen molar-refractivity contribution >= 4 is 32.9 Å². The van der Waals surface area contributed by atoms with E-state index in [4.69, 9.17) is 4.98 Å². The Morgan fingerprint density at radius 3 is 2.93 bits per heavy atom. The second-order valence-electron chi connectivity index (χ2n) is 8.05. The van der Waals surface area contributed by atoms with Crippen molar-refractivity contribution < 1.29 is 4.79 Å². The van der Waals surface area contributed by atoms with Crippen molar-refractivity contribution in [2.24, 2.45) is 5.92 Å². The molecule has 3 aromatic rings. The van der Waals surface area contributed by atoms with Gasteiger partial charge in [-0.15, -0.1) is 0 Å². The van der Waals surface area contributed by atoms with E-state index in [1.165, 1.54) is 0 Å². The summed E-state index contributed by atoms with van der Waals surface area (Å²) < 4.78 is 3.29. The number of amides is 1. The molecular formula is C24H29BrN4O. The van der Waals surface area contributed by atoms with E-state index in [1.54, 1.807) is 0 Å². The summed E-state index contributed by atoms with van der Waals surface area (Å²) in [5.41, 5.74) is 3.20. The predicted octanol–water partition coefficient (Wildman–Crippen LogP) is 4.92. The second kappa shape index (κ2) is 9.75. The van der Waals surface area contributed by atoms with Crippen LogP contribution in [0.3, 0.4) is 0 Å². The fourth-order valence-electron chi connectivity index (χ4n) is 4.23. The first kappa shape index (κ1) is 21.1. The number of likely N-dealkylation sites (tertiary alicyclic amines) is 1. The molecule has 0 radical (unpaired) electrons. The Balaban J connectivity index is 1.56. The van der Waals surface area contributed by atoms with Crippen LogP contribution in [0, 0.1) is 5.92 Å². The molecule has 1 atom stereocenters. The summed E-state index contributed by atoms with van der Waals surface area (Å²) in [6.45, 7) is 5.45. The van der Waals surface area contributed by atoms with Gasteiger partial charge in [-0.3, -0.25) is 14.3 Å². The Kier molecular flexibility index (Phi) is 6.85. The van der Waals surface area contributed by atoms with Gasteiger partial charge in [0.15, 0.2) is 0 Å². The number of nitrogens with zero attached hydrogens (tertiary/aromatic N) is 3. The summed E-state index contributed by atoms with van der Waals surface area (Å²) in [6, 6.07) is 16.6. The highest BCUT2D eigenvalue weighted by Gasteiger charge is 2.27. The number of aromatic nitrogens is 2. The number of carbonyl (C=O) groups excluding carboxylic acids is 1. The standard InChI is InChI=1S/C24H29BrN4O/c1-2-3-13-26-24(30)18-8-7-14-28(16-18)17-23-27-21-11-4-5-12-22(21)29(23)20-10-6-9-19(25)15-20/h4-6,9-12,15,18H,2-3,7-8,13-14,16-17H2,1H3,(H,26,30)/t18-/m1/s1. The lowest BCUT2D eigenvalue weighted by molar-refractivity contribution is -0.126. The Morgan fingerprint density at radius 1 is 1.23 bits per heavy atom. The van der Waals surface area contributed by atoms with E-state index in [1.807, 2.05) is 12.1 Å². The molecule has 0 unspecified atom stereocenters. The number of carbonyl (C=O) groups is 1. The largest absolute Gasteiger partial charge is 0.356 e.